The summed E-state index contributed by atoms with van der Waals surface area (Å²) in [6.07, 6.45) is 3.99. The molecule has 1 saturated heterocycles. The standard InChI is InChI=1S/C25H30FN3O3/c1-19(21-6-8-22(26)9-7-21)16-20(17-27-30-2)18-28-10-12-29(13-11-28)23-4-3-5-24-25(23)32-15-14-31-24/h3-9,16-17,27H,10-15,18H2,1-2H3/b19-16+,20-17+. The number of rotatable bonds is 7. The second-order valence-electron chi connectivity index (χ2n) is 7.94. The van der Waals surface area contributed by atoms with Gasteiger partial charge in [0.15, 0.2) is 11.5 Å². The predicted molar refractivity (Wildman–Crippen MR) is 124 cm³/mol. The fraction of sp³-hybridized carbons (Fsp3) is 0.360. The molecule has 0 aromatic heterocycles. The van der Waals surface area contributed by atoms with Gasteiger partial charge >= 0.3 is 0 Å². The highest BCUT2D eigenvalue weighted by Crippen LogP contribution is 2.39. The maximum atomic E-state index is 13.3. The molecule has 0 aliphatic carbocycles. The third-order valence-corrected chi connectivity index (χ3v) is 5.73. The molecule has 0 amide bonds. The Hall–Kier alpha value is -3.03. The number of nitrogens with zero attached hydrogens (tertiary/aromatic N) is 2. The maximum absolute atomic E-state index is 13.3. The molecule has 2 heterocycles. The number of hydrogen-bond donors (Lipinski definition) is 1. The zero-order chi connectivity index (χ0) is 22.3. The van der Waals surface area contributed by atoms with Crippen LogP contribution in [-0.2, 0) is 4.84 Å². The van der Waals surface area contributed by atoms with Gasteiger partial charge in [0.1, 0.15) is 19.0 Å². The Kier molecular flexibility index (Phi) is 7.29. The minimum atomic E-state index is -0.229. The SMILES string of the molecule is CON/C=C(\C=C(/C)c1ccc(F)cc1)CN1CCN(c2cccc3c2OCCO3)CC1. The highest BCUT2D eigenvalue weighted by molar-refractivity contribution is 5.67. The molecule has 1 fully saturated rings. The first-order chi connectivity index (χ1) is 15.6. The molecule has 0 radical (unpaired) electrons. The fourth-order valence-electron chi connectivity index (χ4n) is 4.05. The van der Waals surface area contributed by atoms with Crippen molar-refractivity contribution in [1.82, 2.24) is 10.4 Å². The summed E-state index contributed by atoms with van der Waals surface area (Å²) in [6.45, 7) is 7.68. The summed E-state index contributed by atoms with van der Waals surface area (Å²) < 4.78 is 24.9. The van der Waals surface area contributed by atoms with Crippen molar-refractivity contribution in [3.63, 3.8) is 0 Å². The van der Waals surface area contributed by atoms with Crippen LogP contribution in [0.1, 0.15) is 12.5 Å². The first-order valence-corrected chi connectivity index (χ1v) is 10.9. The van der Waals surface area contributed by atoms with Crippen LogP contribution < -0.4 is 19.9 Å². The van der Waals surface area contributed by atoms with Crippen LogP contribution in [0.25, 0.3) is 5.57 Å². The molecule has 32 heavy (non-hydrogen) atoms. The molecule has 0 unspecified atom stereocenters. The van der Waals surface area contributed by atoms with Crippen LogP contribution in [0.4, 0.5) is 10.1 Å². The second kappa shape index (κ2) is 10.5. The van der Waals surface area contributed by atoms with Gasteiger partial charge in [0.2, 0.25) is 0 Å². The summed E-state index contributed by atoms with van der Waals surface area (Å²) in [6, 6.07) is 12.7. The van der Waals surface area contributed by atoms with Gasteiger partial charge in [0, 0.05) is 38.9 Å². The summed E-state index contributed by atoms with van der Waals surface area (Å²) in [5.74, 6) is 1.45. The Balaban J connectivity index is 1.41. The summed E-state index contributed by atoms with van der Waals surface area (Å²) in [5.41, 5.74) is 7.10. The van der Waals surface area contributed by atoms with Crippen molar-refractivity contribution in [3.05, 3.63) is 71.7 Å². The Morgan fingerprint density at radius 1 is 1.06 bits per heavy atom. The van der Waals surface area contributed by atoms with Crippen molar-refractivity contribution in [1.29, 1.82) is 0 Å². The van der Waals surface area contributed by atoms with E-state index in [-0.39, 0.29) is 5.82 Å². The molecule has 2 aromatic carbocycles. The summed E-state index contributed by atoms with van der Waals surface area (Å²) in [4.78, 5) is 9.81. The Morgan fingerprint density at radius 2 is 1.81 bits per heavy atom. The van der Waals surface area contributed by atoms with Crippen LogP contribution in [0.2, 0.25) is 0 Å². The number of halogens is 1. The van der Waals surface area contributed by atoms with E-state index in [4.69, 9.17) is 14.3 Å². The van der Waals surface area contributed by atoms with E-state index < -0.39 is 0 Å². The number of benzene rings is 2. The van der Waals surface area contributed by atoms with E-state index in [1.54, 1.807) is 19.2 Å². The number of fused-ring (bicyclic) bond motifs is 1. The molecule has 2 aliphatic rings. The van der Waals surface area contributed by atoms with Gasteiger partial charge in [-0.15, -0.1) is 0 Å². The number of hydrogen-bond acceptors (Lipinski definition) is 6. The van der Waals surface area contributed by atoms with E-state index >= 15 is 0 Å². The van der Waals surface area contributed by atoms with E-state index in [0.29, 0.717) is 13.2 Å². The van der Waals surface area contributed by atoms with Gasteiger partial charge in [0.25, 0.3) is 0 Å². The fourth-order valence-corrected chi connectivity index (χ4v) is 4.05. The highest BCUT2D eigenvalue weighted by atomic mass is 19.1. The highest BCUT2D eigenvalue weighted by Gasteiger charge is 2.23. The Bertz CT molecular complexity index is 967. The molecular formula is C25H30FN3O3. The lowest BCUT2D eigenvalue weighted by Crippen LogP contribution is -2.47. The number of allylic oxidation sites excluding steroid dienone is 1. The number of para-hydroxylation sites is 1. The summed E-state index contributed by atoms with van der Waals surface area (Å²) >= 11 is 0. The lowest BCUT2D eigenvalue weighted by atomic mass is 10.0. The molecule has 1 N–H and O–H groups in total. The number of ether oxygens (including phenoxy) is 2. The van der Waals surface area contributed by atoms with Gasteiger partial charge in [-0.25, -0.2) is 4.39 Å². The summed E-state index contributed by atoms with van der Waals surface area (Å²) in [5, 5.41) is 0. The normalized spacial score (nSPS) is 17.4. The van der Waals surface area contributed by atoms with E-state index in [1.165, 1.54) is 12.1 Å². The van der Waals surface area contributed by atoms with Gasteiger partial charge in [-0.1, -0.05) is 24.3 Å². The van der Waals surface area contributed by atoms with E-state index in [0.717, 1.165) is 66.6 Å². The van der Waals surface area contributed by atoms with E-state index in [9.17, 15) is 4.39 Å². The number of anilines is 1. The average molecular weight is 440 g/mol. The zero-order valence-electron chi connectivity index (χ0n) is 18.6. The van der Waals surface area contributed by atoms with Crippen LogP contribution in [0.15, 0.2) is 60.3 Å². The first-order valence-electron chi connectivity index (χ1n) is 10.9. The Labute approximate surface area is 188 Å². The van der Waals surface area contributed by atoms with Gasteiger partial charge in [-0.2, -0.15) is 0 Å². The molecule has 0 spiro atoms. The molecule has 0 saturated carbocycles. The van der Waals surface area contributed by atoms with Gasteiger partial charge in [0.05, 0.1) is 12.8 Å². The van der Waals surface area contributed by atoms with Gasteiger partial charge in [-0.05, 0) is 47.9 Å². The molecule has 2 aromatic rings. The molecule has 4 rings (SSSR count). The smallest absolute Gasteiger partial charge is 0.184 e. The van der Waals surface area contributed by atoms with Crippen molar-refractivity contribution in [2.45, 2.75) is 6.92 Å². The third kappa shape index (κ3) is 5.41. The number of nitrogens with one attached hydrogen (secondary N) is 1. The molecule has 0 bridgehead atoms. The lowest BCUT2D eigenvalue weighted by molar-refractivity contribution is 0.127. The lowest BCUT2D eigenvalue weighted by Gasteiger charge is -2.37. The van der Waals surface area contributed by atoms with Crippen molar-refractivity contribution in [2.24, 2.45) is 0 Å². The minimum absolute atomic E-state index is 0.229. The molecule has 7 heteroatoms. The molecule has 170 valence electrons. The third-order valence-electron chi connectivity index (χ3n) is 5.73. The number of hydroxylamine groups is 1. The van der Waals surface area contributed by atoms with Crippen molar-refractivity contribution >= 4 is 11.3 Å². The minimum Gasteiger partial charge on any atom is -0.486 e. The van der Waals surface area contributed by atoms with Crippen LogP contribution in [0.3, 0.4) is 0 Å². The van der Waals surface area contributed by atoms with Crippen molar-refractivity contribution in [3.8, 4) is 11.5 Å². The van der Waals surface area contributed by atoms with E-state index in [2.05, 4.69) is 27.4 Å². The van der Waals surface area contributed by atoms with Crippen molar-refractivity contribution in [2.75, 3.05) is 57.9 Å². The molecule has 6 nitrogen and oxygen atoms in total. The van der Waals surface area contributed by atoms with Crippen LogP contribution in [0.5, 0.6) is 11.5 Å². The maximum Gasteiger partial charge on any atom is 0.184 e. The van der Waals surface area contributed by atoms with Crippen molar-refractivity contribution < 1.29 is 18.7 Å². The van der Waals surface area contributed by atoms with Crippen LogP contribution in [0, 0.1) is 5.82 Å². The second-order valence-corrected chi connectivity index (χ2v) is 7.94. The monoisotopic (exact) mass is 439 g/mol. The molecule has 2 aliphatic heterocycles. The average Bonchev–Trinajstić information content (AvgIpc) is 2.83. The topological polar surface area (TPSA) is 46.2 Å². The van der Waals surface area contributed by atoms with Gasteiger partial charge in [-0.3, -0.25) is 15.2 Å². The molecular weight excluding hydrogens is 409 g/mol. The largest absolute Gasteiger partial charge is 0.486 e. The number of piperazine rings is 1. The quantitative estimate of drug-likeness (QED) is 0.522. The predicted octanol–water partition coefficient (Wildman–Crippen LogP) is 3.86. The summed E-state index contributed by atoms with van der Waals surface area (Å²) in [7, 11) is 1.59. The van der Waals surface area contributed by atoms with Gasteiger partial charge < -0.3 is 14.4 Å². The van der Waals surface area contributed by atoms with E-state index in [1.807, 2.05) is 25.3 Å². The van der Waals surface area contributed by atoms with Crippen LogP contribution in [-0.4, -0.2) is 57.9 Å². The Morgan fingerprint density at radius 3 is 2.56 bits per heavy atom. The first kappa shape index (κ1) is 22.2. The molecule has 0 atom stereocenters. The van der Waals surface area contributed by atoms with Crippen LogP contribution >= 0.6 is 0 Å². The zero-order valence-corrected chi connectivity index (χ0v) is 18.6.